The third kappa shape index (κ3) is 4.84. The van der Waals surface area contributed by atoms with Crippen molar-refractivity contribution in [1.29, 1.82) is 0 Å². The van der Waals surface area contributed by atoms with E-state index in [2.05, 4.69) is 137 Å². The third-order valence-corrected chi connectivity index (χ3v) is 14.3. The molecule has 5 aromatic rings. The molecule has 2 aliphatic rings. The lowest BCUT2D eigenvalue weighted by atomic mass is 10.1. The zero-order valence-electron chi connectivity index (χ0n) is 27.3. The van der Waals surface area contributed by atoms with Gasteiger partial charge in [-0.15, -0.1) is 0 Å². The van der Waals surface area contributed by atoms with Gasteiger partial charge in [0.25, 0.3) is 0 Å². The number of nitrogens with zero attached hydrogens (tertiary/aromatic N) is 1. The number of hydrogen-bond donors (Lipinski definition) is 0. The van der Waals surface area contributed by atoms with Gasteiger partial charge in [-0.25, -0.2) is 10.0 Å². The average molecular weight is 602 g/mol. The first-order chi connectivity index (χ1) is 21.2. The maximum atomic E-state index is 6.05. The van der Waals surface area contributed by atoms with Gasteiger partial charge in [0.2, 0.25) is 0 Å². The van der Waals surface area contributed by atoms with Crippen LogP contribution in [0.3, 0.4) is 0 Å². The van der Waals surface area contributed by atoms with E-state index in [0.29, 0.717) is 10.5 Å². The van der Waals surface area contributed by atoms with E-state index in [0.717, 1.165) is 13.0 Å². The number of ether oxygens (including phenoxy) is 1. The first-order valence-electron chi connectivity index (χ1n) is 16.4. The van der Waals surface area contributed by atoms with Crippen LogP contribution in [0.25, 0.3) is 33.3 Å². The molecule has 2 unspecified atom stereocenters. The second kappa shape index (κ2) is 11.3. The Balaban J connectivity index is 1.36. The molecule has 2 nitrogen and oxygen atoms in total. The normalized spacial score (nSPS) is 17.6. The Morgan fingerprint density at radius 3 is 1.91 bits per heavy atom. The molecule has 0 aliphatic heterocycles. The van der Waals surface area contributed by atoms with Crippen molar-refractivity contribution in [2.75, 3.05) is 18.6 Å². The topological polar surface area (TPSA) is 14.2 Å². The van der Waals surface area contributed by atoms with Gasteiger partial charge >= 0.3 is 0 Å². The Labute approximate surface area is 265 Å². The average Bonchev–Trinajstić information content (AvgIpc) is 3.62. The van der Waals surface area contributed by atoms with Gasteiger partial charge < -0.3 is 9.30 Å². The molecule has 228 valence electrons. The Bertz CT molecular complexity index is 1800. The fraction of sp³-hybridized carbons (Fsp3) is 0.366. The summed E-state index contributed by atoms with van der Waals surface area (Å²) in [5.74, 6) is 1.25. The Morgan fingerprint density at radius 1 is 0.705 bits per heavy atom. The lowest BCUT2D eigenvalue weighted by molar-refractivity contribution is -0.00470. The highest BCUT2D eigenvalue weighted by Gasteiger charge is 2.48. The Kier molecular flexibility index (Phi) is 7.54. The molecular weight excluding hydrogens is 555 g/mol. The smallest absolute Gasteiger partial charge is 0.0598 e. The lowest BCUT2D eigenvalue weighted by Crippen LogP contribution is -2.21. The molecule has 0 spiro atoms. The largest absolute Gasteiger partial charge is 0.376 e. The zero-order chi connectivity index (χ0) is 30.6. The van der Waals surface area contributed by atoms with E-state index in [4.69, 9.17) is 4.74 Å². The minimum Gasteiger partial charge on any atom is -0.376 e. The molecule has 44 heavy (non-hydrogen) atoms. The third-order valence-electron chi connectivity index (χ3n) is 10.0. The number of aromatic nitrogens is 1. The van der Waals surface area contributed by atoms with Crippen molar-refractivity contribution in [3.8, 4) is 22.4 Å². The predicted molar refractivity (Wildman–Crippen MR) is 191 cm³/mol. The van der Waals surface area contributed by atoms with Crippen molar-refractivity contribution in [3.63, 3.8) is 0 Å². The first-order valence-corrected chi connectivity index (χ1v) is 18.8. The van der Waals surface area contributed by atoms with Gasteiger partial charge in [-0.1, -0.05) is 97.3 Å². The van der Waals surface area contributed by atoms with Gasteiger partial charge in [-0.3, -0.25) is 0 Å². The second-order valence-electron chi connectivity index (χ2n) is 14.2. The minimum absolute atomic E-state index is 0.0592. The van der Waals surface area contributed by atoms with Crippen molar-refractivity contribution in [1.82, 2.24) is 4.57 Å². The number of rotatable bonds is 9. The van der Waals surface area contributed by atoms with Gasteiger partial charge in [-0.05, 0) is 92.5 Å². The molecule has 1 aromatic heterocycles. The molecule has 3 heteroatoms. The van der Waals surface area contributed by atoms with Crippen molar-refractivity contribution in [2.24, 2.45) is 7.05 Å². The maximum Gasteiger partial charge on any atom is 0.0598 e. The number of fused-ring (bicyclic) bond motifs is 8. The molecule has 0 amide bonds. The van der Waals surface area contributed by atoms with Crippen LogP contribution >= 0.6 is 10.0 Å². The molecule has 0 N–H and O–H groups in total. The molecule has 0 saturated heterocycles. The standard InChI is InChI=1S/C41H47NOS/c1-28-23-24-36-35(27-28)37-38(42(36)5)31-19-11-14-22-34(31)40(37)44(6,26-16-8-7-15-25-43-41(2,3)4)39-32-20-12-9-17-29(32)30-18-10-13-21-33(30)39/h9-14,17-24,27,39-40H,7-8,15-16,25-26H2,1-6H3. The number of unbranched alkanes of at least 4 members (excludes halogenated alkanes) is 3. The summed E-state index contributed by atoms with van der Waals surface area (Å²) >= 11 is 0. The fourth-order valence-electron chi connectivity index (χ4n) is 8.14. The summed E-state index contributed by atoms with van der Waals surface area (Å²) in [5, 5.41) is 2.23. The van der Waals surface area contributed by atoms with Crippen LogP contribution < -0.4 is 0 Å². The fourth-order valence-corrected chi connectivity index (χ4v) is 12.8. The van der Waals surface area contributed by atoms with Gasteiger partial charge in [0.1, 0.15) is 0 Å². The highest BCUT2D eigenvalue weighted by Crippen LogP contribution is 2.77. The van der Waals surface area contributed by atoms with Crippen molar-refractivity contribution in [2.45, 2.75) is 69.5 Å². The minimum atomic E-state index is -1.30. The zero-order valence-corrected chi connectivity index (χ0v) is 28.1. The number of hydrogen-bond acceptors (Lipinski definition) is 1. The van der Waals surface area contributed by atoms with Gasteiger partial charge in [0.15, 0.2) is 0 Å². The van der Waals surface area contributed by atoms with Crippen LogP contribution in [0.5, 0.6) is 0 Å². The Hall–Kier alpha value is -3.27. The summed E-state index contributed by atoms with van der Waals surface area (Å²) in [4.78, 5) is 0. The molecule has 0 radical (unpaired) electrons. The van der Waals surface area contributed by atoms with Gasteiger partial charge in [-0.2, -0.15) is 0 Å². The molecule has 4 aromatic carbocycles. The van der Waals surface area contributed by atoms with Crippen molar-refractivity contribution < 1.29 is 4.74 Å². The van der Waals surface area contributed by atoms with Crippen molar-refractivity contribution in [3.05, 3.63) is 119 Å². The molecule has 1 heterocycles. The molecule has 0 fully saturated rings. The summed E-state index contributed by atoms with van der Waals surface area (Å²) in [6.45, 7) is 9.56. The predicted octanol–water partition coefficient (Wildman–Crippen LogP) is 11.1. The van der Waals surface area contributed by atoms with E-state index >= 15 is 0 Å². The first kappa shape index (κ1) is 29.4. The van der Waals surface area contributed by atoms with E-state index < -0.39 is 10.0 Å². The van der Waals surface area contributed by atoms with E-state index in [1.165, 1.54) is 80.6 Å². The van der Waals surface area contributed by atoms with Crippen LogP contribution in [0, 0.1) is 6.92 Å². The van der Waals surface area contributed by atoms with Crippen LogP contribution in [0.15, 0.2) is 91.0 Å². The van der Waals surface area contributed by atoms with E-state index in [1.54, 1.807) is 5.56 Å². The molecule has 2 aliphatic carbocycles. The molecular formula is C41H47NOS. The molecule has 0 bridgehead atoms. The summed E-state index contributed by atoms with van der Waals surface area (Å²) in [7, 11) is 0.979. The van der Waals surface area contributed by atoms with E-state index in [1.807, 2.05) is 0 Å². The molecule has 0 saturated carbocycles. The van der Waals surface area contributed by atoms with Crippen molar-refractivity contribution >= 4 is 20.9 Å². The number of benzene rings is 4. The lowest BCUT2D eigenvalue weighted by Gasteiger charge is -2.48. The van der Waals surface area contributed by atoms with Crippen LogP contribution in [0.1, 0.15) is 84.8 Å². The quantitative estimate of drug-likeness (QED) is 0.153. The summed E-state index contributed by atoms with van der Waals surface area (Å²) in [6.07, 6.45) is 7.58. The van der Waals surface area contributed by atoms with E-state index in [-0.39, 0.29) is 5.60 Å². The second-order valence-corrected chi connectivity index (χ2v) is 18.0. The van der Waals surface area contributed by atoms with Crippen LogP contribution in [0.4, 0.5) is 0 Å². The SMILES string of the molecule is Cc1ccc2c(c1)c1c(n2C)-c2ccccc2C1S(C)(CCCCCCOC(C)(C)C)C1c2ccccc2-c2ccccc21. The summed E-state index contributed by atoms with van der Waals surface area (Å²) < 4.78 is 8.53. The van der Waals surface area contributed by atoms with Crippen LogP contribution in [-0.2, 0) is 11.8 Å². The summed E-state index contributed by atoms with van der Waals surface area (Å²) in [6, 6.07) is 35.0. The highest BCUT2D eigenvalue weighted by molar-refractivity contribution is 8.33. The van der Waals surface area contributed by atoms with Gasteiger partial charge in [0.05, 0.1) is 11.3 Å². The number of aryl methyl sites for hydroxylation is 2. The molecule has 7 rings (SSSR count). The molecule has 2 atom stereocenters. The monoisotopic (exact) mass is 601 g/mol. The van der Waals surface area contributed by atoms with Crippen LogP contribution in [-0.4, -0.2) is 28.8 Å². The van der Waals surface area contributed by atoms with E-state index in [9.17, 15) is 0 Å². The maximum absolute atomic E-state index is 6.05. The Morgan fingerprint density at radius 2 is 1.27 bits per heavy atom. The summed E-state index contributed by atoms with van der Waals surface area (Å²) in [5.41, 5.74) is 14.6. The van der Waals surface area contributed by atoms with Crippen LogP contribution in [0.2, 0.25) is 0 Å². The highest BCUT2D eigenvalue weighted by atomic mass is 32.3. The van der Waals surface area contributed by atoms with Gasteiger partial charge in [0, 0.05) is 46.2 Å².